The van der Waals surface area contributed by atoms with Crippen molar-refractivity contribution in [3.63, 3.8) is 0 Å². The molecule has 0 aromatic carbocycles. The van der Waals surface area contributed by atoms with Crippen molar-refractivity contribution in [2.45, 2.75) is 13.3 Å². The monoisotopic (exact) mass is 224 g/mol. The zero-order chi connectivity index (χ0) is 11.7. The molecule has 3 aromatic heterocycles. The molecule has 4 heteroatoms. The van der Waals surface area contributed by atoms with Crippen LogP contribution in [0.1, 0.15) is 12.7 Å². The van der Waals surface area contributed by atoms with Crippen LogP contribution in [0.5, 0.6) is 0 Å². The second kappa shape index (κ2) is 3.97. The van der Waals surface area contributed by atoms with Gasteiger partial charge in [0.25, 0.3) is 0 Å². The summed E-state index contributed by atoms with van der Waals surface area (Å²) in [6, 6.07) is 7.82. The number of aryl methyl sites for hydroxylation is 1. The maximum atomic E-state index is 4.58. The third-order valence-electron chi connectivity index (χ3n) is 2.71. The first kappa shape index (κ1) is 9.96. The third-order valence-corrected chi connectivity index (χ3v) is 2.71. The molecule has 84 valence electrons. The maximum Gasteiger partial charge on any atom is 0.164 e. The number of aromatic nitrogens is 4. The van der Waals surface area contributed by atoms with Gasteiger partial charge >= 0.3 is 0 Å². The Kier molecular flexibility index (Phi) is 2.33. The van der Waals surface area contributed by atoms with Gasteiger partial charge < -0.3 is 0 Å². The number of imidazole rings is 1. The van der Waals surface area contributed by atoms with Crippen LogP contribution < -0.4 is 0 Å². The number of nitrogens with zero attached hydrogens (tertiary/aromatic N) is 4. The molecule has 0 bridgehead atoms. The van der Waals surface area contributed by atoms with Crippen molar-refractivity contribution in [2.24, 2.45) is 0 Å². The van der Waals surface area contributed by atoms with Gasteiger partial charge in [0.15, 0.2) is 5.65 Å². The molecule has 0 fully saturated rings. The Morgan fingerprint density at radius 2 is 2.06 bits per heavy atom. The molecule has 0 saturated carbocycles. The minimum absolute atomic E-state index is 0.866. The molecule has 3 aromatic rings. The summed E-state index contributed by atoms with van der Waals surface area (Å²) in [6.07, 6.45) is 6.25. The van der Waals surface area contributed by atoms with Crippen molar-refractivity contribution < 1.29 is 0 Å². The number of hydrogen-bond acceptors (Lipinski definition) is 3. The third kappa shape index (κ3) is 1.58. The Bertz CT molecular complexity index is 643. The lowest BCUT2D eigenvalue weighted by Crippen LogP contribution is -2.01. The van der Waals surface area contributed by atoms with E-state index in [9.17, 15) is 0 Å². The number of hydrogen-bond donors (Lipinski definition) is 0. The Morgan fingerprint density at radius 3 is 2.82 bits per heavy atom. The van der Waals surface area contributed by atoms with Gasteiger partial charge in [-0.1, -0.05) is 6.92 Å². The largest absolute Gasteiger partial charge is 0.279 e. The molecule has 0 amide bonds. The molecule has 0 aliphatic carbocycles. The van der Waals surface area contributed by atoms with E-state index in [4.69, 9.17) is 0 Å². The summed E-state index contributed by atoms with van der Waals surface area (Å²) in [5.74, 6) is 1.01. The molecule has 0 unspecified atom stereocenters. The van der Waals surface area contributed by atoms with Gasteiger partial charge in [0, 0.05) is 18.8 Å². The van der Waals surface area contributed by atoms with Crippen LogP contribution in [-0.2, 0) is 6.42 Å². The predicted octanol–water partition coefficient (Wildman–Crippen LogP) is 2.38. The van der Waals surface area contributed by atoms with E-state index in [-0.39, 0.29) is 0 Å². The molecule has 3 rings (SSSR count). The molecule has 0 N–H and O–H groups in total. The molecule has 0 atom stereocenters. The standard InChI is InChI=1S/C13H12N4/c1-2-12-16-11-6-4-8-15-13(11)17(12)10-5-3-7-14-9-10/h3-9H,2H2,1H3. The summed E-state index contributed by atoms with van der Waals surface area (Å²) < 4.78 is 2.06. The predicted molar refractivity (Wildman–Crippen MR) is 66.0 cm³/mol. The van der Waals surface area contributed by atoms with Gasteiger partial charge in [0.05, 0.1) is 11.9 Å². The van der Waals surface area contributed by atoms with Gasteiger partial charge in [-0.05, 0) is 24.3 Å². The molecule has 0 spiro atoms. The van der Waals surface area contributed by atoms with E-state index in [0.29, 0.717) is 0 Å². The lowest BCUT2D eigenvalue weighted by molar-refractivity contribution is 0.897. The summed E-state index contributed by atoms with van der Waals surface area (Å²) in [6.45, 7) is 2.09. The van der Waals surface area contributed by atoms with Crippen LogP contribution in [0.4, 0.5) is 0 Å². The van der Waals surface area contributed by atoms with Crippen molar-refractivity contribution in [3.8, 4) is 5.69 Å². The highest BCUT2D eigenvalue weighted by molar-refractivity contribution is 5.73. The average Bonchev–Trinajstić information content (AvgIpc) is 2.78. The highest BCUT2D eigenvalue weighted by atomic mass is 15.1. The zero-order valence-electron chi connectivity index (χ0n) is 9.54. The van der Waals surface area contributed by atoms with Crippen LogP contribution in [0.25, 0.3) is 16.9 Å². The lowest BCUT2D eigenvalue weighted by atomic mass is 10.3. The first-order chi connectivity index (χ1) is 8.40. The molecular weight excluding hydrogens is 212 g/mol. The van der Waals surface area contributed by atoms with Gasteiger partial charge in [-0.25, -0.2) is 9.97 Å². The smallest absolute Gasteiger partial charge is 0.164 e. The minimum Gasteiger partial charge on any atom is -0.279 e. The molecule has 0 saturated heterocycles. The quantitative estimate of drug-likeness (QED) is 0.671. The summed E-state index contributed by atoms with van der Waals surface area (Å²) in [5.41, 5.74) is 2.82. The Hall–Kier alpha value is -2.23. The maximum absolute atomic E-state index is 4.58. The molecular formula is C13H12N4. The molecule has 0 aliphatic heterocycles. The topological polar surface area (TPSA) is 43.6 Å². The van der Waals surface area contributed by atoms with Crippen molar-refractivity contribution in [2.75, 3.05) is 0 Å². The second-order valence-corrected chi connectivity index (χ2v) is 3.77. The zero-order valence-corrected chi connectivity index (χ0v) is 9.54. The second-order valence-electron chi connectivity index (χ2n) is 3.77. The van der Waals surface area contributed by atoms with Crippen molar-refractivity contribution >= 4 is 11.2 Å². The van der Waals surface area contributed by atoms with Crippen molar-refractivity contribution in [3.05, 3.63) is 48.7 Å². The highest BCUT2D eigenvalue weighted by Crippen LogP contribution is 2.19. The fourth-order valence-electron chi connectivity index (χ4n) is 1.95. The SMILES string of the molecule is CCc1nc2cccnc2n1-c1cccnc1. The summed E-state index contributed by atoms with van der Waals surface area (Å²) in [7, 11) is 0. The van der Waals surface area contributed by atoms with Crippen LogP contribution in [0.2, 0.25) is 0 Å². The summed E-state index contributed by atoms with van der Waals surface area (Å²) in [5, 5.41) is 0. The van der Waals surface area contributed by atoms with E-state index in [1.54, 1.807) is 12.4 Å². The van der Waals surface area contributed by atoms with Crippen LogP contribution in [0.3, 0.4) is 0 Å². The summed E-state index contributed by atoms with van der Waals surface area (Å²) >= 11 is 0. The normalized spacial score (nSPS) is 10.9. The van der Waals surface area contributed by atoms with Crippen LogP contribution in [0.15, 0.2) is 42.9 Å². The minimum atomic E-state index is 0.866. The lowest BCUT2D eigenvalue weighted by Gasteiger charge is -2.05. The first-order valence-electron chi connectivity index (χ1n) is 5.63. The Morgan fingerprint density at radius 1 is 1.18 bits per heavy atom. The van der Waals surface area contributed by atoms with Gasteiger partial charge in [0.2, 0.25) is 0 Å². The van der Waals surface area contributed by atoms with Gasteiger partial charge in [0.1, 0.15) is 11.3 Å². The van der Waals surface area contributed by atoms with Gasteiger partial charge in [-0.2, -0.15) is 0 Å². The molecule has 4 nitrogen and oxygen atoms in total. The van der Waals surface area contributed by atoms with E-state index in [2.05, 4.69) is 26.4 Å². The van der Waals surface area contributed by atoms with Gasteiger partial charge in [-0.15, -0.1) is 0 Å². The van der Waals surface area contributed by atoms with Crippen LogP contribution in [0, 0.1) is 0 Å². The fourth-order valence-corrected chi connectivity index (χ4v) is 1.95. The summed E-state index contributed by atoms with van der Waals surface area (Å²) in [4.78, 5) is 13.1. The van der Waals surface area contributed by atoms with E-state index < -0.39 is 0 Å². The fraction of sp³-hybridized carbons (Fsp3) is 0.154. The van der Waals surface area contributed by atoms with Crippen molar-refractivity contribution in [1.82, 2.24) is 19.5 Å². The Balaban J connectivity index is 2.34. The molecule has 0 radical (unpaired) electrons. The number of fused-ring (bicyclic) bond motifs is 1. The molecule has 3 heterocycles. The first-order valence-corrected chi connectivity index (χ1v) is 5.63. The van der Waals surface area contributed by atoms with Crippen LogP contribution in [-0.4, -0.2) is 19.5 Å². The van der Waals surface area contributed by atoms with Gasteiger partial charge in [-0.3, -0.25) is 9.55 Å². The van der Waals surface area contributed by atoms with Crippen LogP contribution >= 0.6 is 0 Å². The van der Waals surface area contributed by atoms with E-state index >= 15 is 0 Å². The van der Waals surface area contributed by atoms with E-state index in [1.807, 2.05) is 30.5 Å². The number of pyridine rings is 2. The highest BCUT2D eigenvalue weighted by Gasteiger charge is 2.11. The Labute approximate surface area is 99.0 Å². The number of rotatable bonds is 2. The molecule has 0 aliphatic rings. The molecule has 17 heavy (non-hydrogen) atoms. The van der Waals surface area contributed by atoms with Crippen molar-refractivity contribution in [1.29, 1.82) is 0 Å². The average molecular weight is 224 g/mol. The van der Waals surface area contributed by atoms with E-state index in [0.717, 1.165) is 29.1 Å². The van der Waals surface area contributed by atoms with E-state index in [1.165, 1.54) is 0 Å².